The third-order valence-electron chi connectivity index (χ3n) is 4.53. The van der Waals surface area contributed by atoms with E-state index in [1.54, 1.807) is 6.20 Å². The van der Waals surface area contributed by atoms with Gasteiger partial charge in [-0.15, -0.1) is 0 Å². The van der Waals surface area contributed by atoms with E-state index in [1.165, 1.54) is 16.7 Å². The van der Waals surface area contributed by atoms with Crippen molar-refractivity contribution < 1.29 is 4.79 Å². The average Bonchev–Trinajstić information content (AvgIpc) is 2.50. The van der Waals surface area contributed by atoms with Gasteiger partial charge in [0.2, 0.25) is 0 Å². The van der Waals surface area contributed by atoms with Crippen molar-refractivity contribution in [2.75, 3.05) is 0 Å². The van der Waals surface area contributed by atoms with Gasteiger partial charge in [0, 0.05) is 12.6 Å². The summed E-state index contributed by atoms with van der Waals surface area (Å²) in [6, 6.07) is 10.4. The summed E-state index contributed by atoms with van der Waals surface area (Å²) in [5.41, 5.74) is 5.91. The van der Waals surface area contributed by atoms with Crippen molar-refractivity contribution in [2.45, 2.75) is 45.4 Å². The second-order valence-electron chi connectivity index (χ2n) is 6.05. The molecule has 0 aliphatic heterocycles. The number of fused-ring (bicyclic) bond motifs is 1. The van der Waals surface area contributed by atoms with E-state index in [4.69, 9.17) is 0 Å². The lowest BCUT2D eigenvalue weighted by molar-refractivity contribution is -0.120. The van der Waals surface area contributed by atoms with Crippen LogP contribution in [0.2, 0.25) is 0 Å². The monoisotopic (exact) mass is 279 g/mol. The first-order valence-corrected chi connectivity index (χ1v) is 7.68. The molecule has 1 atom stereocenters. The number of rotatable bonds is 3. The molecule has 0 bridgehead atoms. The van der Waals surface area contributed by atoms with E-state index in [2.05, 4.69) is 43.1 Å². The summed E-state index contributed by atoms with van der Waals surface area (Å²) in [6.07, 6.45) is 5.40. The molecule has 21 heavy (non-hydrogen) atoms. The number of aryl methyl sites for hydroxylation is 3. The van der Waals surface area contributed by atoms with Gasteiger partial charge in [-0.25, -0.2) is 0 Å². The molecule has 3 rings (SSSR count). The van der Waals surface area contributed by atoms with E-state index in [9.17, 15) is 4.79 Å². The van der Waals surface area contributed by atoms with Crippen molar-refractivity contribution in [3.05, 3.63) is 64.5 Å². The Morgan fingerprint density at radius 3 is 2.90 bits per heavy atom. The first-order valence-electron chi connectivity index (χ1n) is 7.68. The van der Waals surface area contributed by atoms with Crippen LogP contribution in [0.1, 0.15) is 46.7 Å². The molecule has 2 nitrogen and oxygen atoms in total. The minimum atomic E-state index is -0.0171. The molecule has 0 amide bonds. The molecule has 2 heteroatoms. The summed E-state index contributed by atoms with van der Waals surface area (Å²) in [6.45, 7) is 4.20. The molecule has 0 saturated heterocycles. The second-order valence-corrected chi connectivity index (χ2v) is 6.05. The minimum absolute atomic E-state index is 0.0171. The maximum Gasteiger partial charge on any atom is 0.146 e. The molecule has 1 aromatic carbocycles. The van der Waals surface area contributed by atoms with E-state index in [0.29, 0.717) is 12.2 Å². The van der Waals surface area contributed by atoms with Crippen molar-refractivity contribution in [3.63, 3.8) is 0 Å². The zero-order chi connectivity index (χ0) is 14.8. The van der Waals surface area contributed by atoms with E-state index in [1.807, 2.05) is 6.07 Å². The highest BCUT2D eigenvalue weighted by molar-refractivity contribution is 5.87. The number of ketones is 1. The van der Waals surface area contributed by atoms with E-state index >= 15 is 0 Å². The van der Waals surface area contributed by atoms with Crippen LogP contribution in [0.5, 0.6) is 0 Å². The molecule has 108 valence electrons. The normalized spacial score (nSPS) is 17.3. The smallest absolute Gasteiger partial charge is 0.146 e. The van der Waals surface area contributed by atoms with Crippen LogP contribution in [0.25, 0.3) is 0 Å². The SMILES string of the molecule is Cc1ccc(CC(=O)C2CCCc3cccnc32)cc1C. The van der Waals surface area contributed by atoms with Crippen LogP contribution in [0.4, 0.5) is 0 Å². The van der Waals surface area contributed by atoms with Crippen LogP contribution in [0.3, 0.4) is 0 Å². The predicted molar refractivity (Wildman–Crippen MR) is 84.5 cm³/mol. The van der Waals surface area contributed by atoms with Crippen molar-refractivity contribution >= 4 is 5.78 Å². The zero-order valence-electron chi connectivity index (χ0n) is 12.7. The van der Waals surface area contributed by atoms with Crippen molar-refractivity contribution in [1.29, 1.82) is 0 Å². The number of carbonyl (C=O) groups is 1. The van der Waals surface area contributed by atoms with Gasteiger partial charge in [0.15, 0.2) is 0 Å². The highest BCUT2D eigenvalue weighted by Gasteiger charge is 2.27. The topological polar surface area (TPSA) is 30.0 Å². The molecule has 0 saturated carbocycles. The van der Waals surface area contributed by atoms with Crippen molar-refractivity contribution in [1.82, 2.24) is 4.98 Å². The molecule has 0 spiro atoms. The van der Waals surface area contributed by atoms with Gasteiger partial charge in [-0.3, -0.25) is 9.78 Å². The Balaban J connectivity index is 1.81. The number of hydrogen-bond acceptors (Lipinski definition) is 2. The summed E-state index contributed by atoms with van der Waals surface area (Å²) in [5, 5.41) is 0. The molecule has 0 radical (unpaired) electrons. The molecule has 1 aromatic heterocycles. The standard InChI is InChI=1S/C19H21NO/c1-13-8-9-15(11-14(13)2)12-18(21)17-7-3-5-16-6-4-10-20-19(16)17/h4,6,8-11,17H,3,5,7,12H2,1-2H3. The van der Waals surface area contributed by atoms with Crippen LogP contribution >= 0.6 is 0 Å². The largest absolute Gasteiger partial charge is 0.299 e. The molecule has 0 N–H and O–H groups in total. The third-order valence-corrected chi connectivity index (χ3v) is 4.53. The molecule has 2 aromatic rings. The predicted octanol–water partition coefficient (Wildman–Crippen LogP) is 3.93. The fourth-order valence-electron chi connectivity index (χ4n) is 3.16. The van der Waals surface area contributed by atoms with Gasteiger partial charge >= 0.3 is 0 Å². The van der Waals surface area contributed by atoms with Gasteiger partial charge in [0.1, 0.15) is 5.78 Å². The molecule has 1 unspecified atom stereocenters. The Morgan fingerprint density at radius 2 is 2.10 bits per heavy atom. The van der Waals surface area contributed by atoms with E-state index in [0.717, 1.165) is 30.5 Å². The first-order chi connectivity index (χ1) is 10.1. The molecular weight excluding hydrogens is 258 g/mol. The van der Waals surface area contributed by atoms with Gasteiger partial charge in [0.25, 0.3) is 0 Å². The Morgan fingerprint density at radius 1 is 1.24 bits per heavy atom. The average molecular weight is 279 g/mol. The zero-order valence-corrected chi connectivity index (χ0v) is 12.7. The molecule has 0 fully saturated rings. The molecule has 1 aliphatic rings. The minimum Gasteiger partial charge on any atom is -0.299 e. The Hall–Kier alpha value is -1.96. The maximum atomic E-state index is 12.7. The lowest BCUT2D eigenvalue weighted by Crippen LogP contribution is -2.21. The molecule has 1 heterocycles. The van der Waals surface area contributed by atoms with Crippen LogP contribution in [0.15, 0.2) is 36.5 Å². The molecular formula is C19H21NO. The number of Topliss-reactive ketones (excluding diaryl/α,β-unsaturated/α-hetero) is 1. The highest BCUT2D eigenvalue weighted by atomic mass is 16.1. The van der Waals surface area contributed by atoms with Crippen molar-refractivity contribution in [3.8, 4) is 0 Å². The van der Waals surface area contributed by atoms with Gasteiger partial charge < -0.3 is 0 Å². The Bertz CT molecular complexity index is 675. The maximum absolute atomic E-state index is 12.7. The summed E-state index contributed by atoms with van der Waals surface area (Å²) in [5.74, 6) is 0.287. The summed E-state index contributed by atoms with van der Waals surface area (Å²) in [7, 11) is 0. The van der Waals surface area contributed by atoms with Crippen LogP contribution in [-0.4, -0.2) is 10.8 Å². The van der Waals surface area contributed by atoms with E-state index < -0.39 is 0 Å². The van der Waals surface area contributed by atoms with Gasteiger partial charge in [-0.2, -0.15) is 0 Å². The van der Waals surface area contributed by atoms with Crippen LogP contribution in [-0.2, 0) is 17.6 Å². The van der Waals surface area contributed by atoms with Gasteiger partial charge in [-0.05, 0) is 61.4 Å². The number of hydrogen-bond donors (Lipinski definition) is 0. The number of nitrogens with zero attached hydrogens (tertiary/aromatic N) is 1. The summed E-state index contributed by atoms with van der Waals surface area (Å²) in [4.78, 5) is 17.2. The fraction of sp³-hybridized carbons (Fsp3) is 0.368. The number of aromatic nitrogens is 1. The Kier molecular flexibility index (Phi) is 3.87. The lowest BCUT2D eigenvalue weighted by atomic mass is 9.82. The quantitative estimate of drug-likeness (QED) is 0.852. The summed E-state index contributed by atoms with van der Waals surface area (Å²) < 4.78 is 0. The fourth-order valence-corrected chi connectivity index (χ4v) is 3.16. The number of benzene rings is 1. The second kappa shape index (κ2) is 5.80. The first kappa shape index (κ1) is 14.0. The van der Waals surface area contributed by atoms with E-state index in [-0.39, 0.29) is 5.92 Å². The van der Waals surface area contributed by atoms with Crippen LogP contribution in [0, 0.1) is 13.8 Å². The highest BCUT2D eigenvalue weighted by Crippen LogP contribution is 2.31. The van der Waals surface area contributed by atoms with Gasteiger partial charge in [-0.1, -0.05) is 24.3 Å². The number of pyridine rings is 1. The summed E-state index contributed by atoms with van der Waals surface area (Å²) >= 11 is 0. The molecule has 1 aliphatic carbocycles. The third kappa shape index (κ3) is 2.90. The van der Waals surface area contributed by atoms with Gasteiger partial charge in [0.05, 0.1) is 11.6 Å². The van der Waals surface area contributed by atoms with Crippen LogP contribution < -0.4 is 0 Å². The Labute approximate surface area is 126 Å². The number of carbonyl (C=O) groups excluding carboxylic acids is 1. The lowest BCUT2D eigenvalue weighted by Gasteiger charge is -2.23. The van der Waals surface area contributed by atoms with Crippen molar-refractivity contribution in [2.24, 2.45) is 0 Å².